The molecule has 170 valence electrons. The fraction of sp³-hybridized carbons (Fsp3) is 0.0800. The Morgan fingerprint density at radius 3 is 2.62 bits per heavy atom. The first-order chi connectivity index (χ1) is 16.4. The monoisotopic (exact) mass is 476 g/mol. The third kappa shape index (κ3) is 3.36. The van der Waals surface area contributed by atoms with Crippen LogP contribution in [0.2, 0.25) is 5.02 Å². The maximum atomic E-state index is 13.6. The minimum atomic E-state index is -1.07. The molecule has 0 saturated heterocycles. The number of carbonyl (C=O) groups excluding carboxylic acids is 2. The zero-order valence-electron chi connectivity index (χ0n) is 17.7. The summed E-state index contributed by atoms with van der Waals surface area (Å²) in [4.78, 5) is 32.0. The van der Waals surface area contributed by atoms with Crippen molar-refractivity contribution < 1.29 is 29.0 Å². The number of aliphatic hydroxyl groups excluding tert-OH is 1. The number of hydrogen-bond donors (Lipinski definition) is 2. The molecule has 1 unspecified atom stereocenters. The first kappa shape index (κ1) is 21.5. The Morgan fingerprint density at radius 1 is 1.12 bits per heavy atom. The molecule has 2 aromatic heterocycles. The molecule has 1 aliphatic rings. The zero-order chi connectivity index (χ0) is 24.0. The summed E-state index contributed by atoms with van der Waals surface area (Å²) in [5.41, 5.74) is 0.694. The van der Waals surface area contributed by atoms with Crippen LogP contribution in [-0.2, 0) is 4.79 Å². The van der Waals surface area contributed by atoms with E-state index in [1.165, 1.54) is 43.8 Å². The van der Waals surface area contributed by atoms with Crippen LogP contribution in [0.4, 0.5) is 5.69 Å². The Kier molecular flexibility index (Phi) is 5.22. The van der Waals surface area contributed by atoms with Gasteiger partial charge in [0.05, 0.1) is 24.4 Å². The zero-order valence-corrected chi connectivity index (χ0v) is 18.5. The van der Waals surface area contributed by atoms with Gasteiger partial charge in [0.1, 0.15) is 5.75 Å². The molecule has 2 N–H and O–H groups in total. The molecular formula is C25H17ClN2O6. The van der Waals surface area contributed by atoms with Crippen molar-refractivity contribution in [3.05, 3.63) is 94.7 Å². The van der Waals surface area contributed by atoms with Crippen molar-refractivity contribution in [3.8, 4) is 11.5 Å². The molecule has 0 radical (unpaired) electrons. The van der Waals surface area contributed by atoms with Gasteiger partial charge < -0.3 is 19.4 Å². The normalized spacial score (nSPS) is 15.9. The number of rotatable bonds is 5. The minimum Gasteiger partial charge on any atom is -0.506 e. The van der Waals surface area contributed by atoms with E-state index in [2.05, 4.69) is 4.98 Å². The van der Waals surface area contributed by atoms with Crippen molar-refractivity contribution in [2.75, 3.05) is 12.0 Å². The summed E-state index contributed by atoms with van der Waals surface area (Å²) < 4.78 is 11.1. The average molecular weight is 477 g/mol. The molecule has 0 spiro atoms. The van der Waals surface area contributed by atoms with E-state index in [4.69, 9.17) is 20.8 Å². The first-order valence-electron chi connectivity index (χ1n) is 10.2. The Balaban J connectivity index is 1.68. The molecule has 0 saturated carbocycles. The highest BCUT2D eigenvalue weighted by Gasteiger charge is 2.46. The third-order valence-electron chi connectivity index (χ3n) is 5.62. The van der Waals surface area contributed by atoms with Gasteiger partial charge in [0.25, 0.3) is 5.91 Å². The molecule has 0 fully saturated rings. The number of Topliss-reactive ketones (excluding diaryl/α,β-unsaturated/α-hetero) is 1. The van der Waals surface area contributed by atoms with E-state index in [0.717, 1.165) is 4.90 Å². The predicted octanol–water partition coefficient (Wildman–Crippen LogP) is 4.98. The number of aromatic hydroxyl groups is 1. The van der Waals surface area contributed by atoms with Crippen molar-refractivity contribution in [2.24, 2.45) is 0 Å². The second-order valence-electron chi connectivity index (χ2n) is 7.57. The number of hydrogen-bond acceptors (Lipinski definition) is 7. The van der Waals surface area contributed by atoms with Gasteiger partial charge in [0.2, 0.25) is 5.78 Å². The second-order valence-corrected chi connectivity index (χ2v) is 8.01. The lowest BCUT2D eigenvalue weighted by Gasteiger charge is -2.27. The van der Waals surface area contributed by atoms with Gasteiger partial charge in [-0.1, -0.05) is 23.7 Å². The van der Waals surface area contributed by atoms with Gasteiger partial charge >= 0.3 is 0 Å². The summed E-state index contributed by atoms with van der Waals surface area (Å²) in [5.74, 6) is -2.18. The van der Waals surface area contributed by atoms with Gasteiger partial charge in [-0.15, -0.1) is 0 Å². The second kappa shape index (κ2) is 8.24. The number of furan rings is 1. The van der Waals surface area contributed by atoms with Crippen LogP contribution in [0.15, 0.2) is 82.7 Å². The Morgan fingerprint density at radius 2 is 1.88 bits per heavy atom. The average Bonchev–Trinajstić information content (AvgIpc) is 3.40. The van der Waals surface area contributed by atoms with Crippen molar-refractivity contribution in [1.29, 1.82) is 0 Å². The lowest BCUT2D eigenvalue weighted by molar-refractivity contribution is -0.117. The lowest BCUT2D eigenvalue weighted by Crippen LogP contribution is -2.31. The van der Waals surface area contributed by atoms with Crippen LogP contribution >= 0.6 is 11.6 Å². The van der Waals surface area contributed by atoms with Crippen molar-refractivity contribution in [1.82, 2.24) is 4.98 Å². The largest absolute Gasteiger partial charge is 0.506 e. The summed E-state index contributed by atoms with van der Waals surface area (Å²) in [7, 11) is 1.48. The number of fused-ring (bicyclic) bond motifs is 1. The highest BCUT2D eigenvalue weighted by atomic mass is 35.5. The number of phenols is 1. The fourth-order valence-corrected chi connectivity index (χ4v) is 4.24. The van der Waals surface area contributed by atoms with Gasteiger partial charge in [0, 0.05) is 22.8 Å². The number of phenolic OH excluding ortho intramolecular Hbond substituents is 1. The van der Waals surface area contributed by atoms with Gasteiger partial charge in [-0.25, -0.2) is 0 Å². The van der Waals surface area contributed by atoms with Crippen LogP contribution in [0.25, 0.3) is 11.0 Å². The van der Waals surface area contributed by atoms with Crippen LogP contribution in [0.5, 0.6) is 11.5 Å². The number of carbonyl (C=O) groups is 2. The van der Waals surface area contributed by atoms with E-state index in [1.807, 2.05) is 0 Å². The van der Waals surface area contributed by atoms with Gasteiger partial charge in [0.15, 0.2) is 22.9 Å². The number of pyridine rings is 1. The predicted molar refractivity (Wildman–Crippen MR) is 124 cm³/mol. The number of aliphatic hydroxyl groups is 1. The molecule has 1 atom stereocenters. The smallest absolute Gasteiger partial charge is 0.294 e. The summed E-state index contributed by atoms with van der Waals surface area (Å²) >= 11 is 6.11. The van der Waals surface area contributed by atoms with Crippen LogP contribution in [0.1, 0.15) is 22.2 Å². The molecule has 3 heterocycles. The molecule has 1 aliphatic heterocycles. The highest BCUT2D eigenvalue weighted by molar-refractivity contribution is 6.31. The quantitative estimate of drug-likeness (QED) is 0.390. The molecule has 9 heteroatoms. The summed E-state index contributed by atoms with van der Waals surface area (Å²) in [6.07, 6.45) is 3.00. The molecule has 1 amide bonds. The van der Waals surface area contributed by atoms with Gasteiger partial charge in [-0.2, -0.15) is 0 Å². The number of para-hydroxylation sites is 1. The number of anilines is 1. The molecular weight excluding hydrogens is 460 g/mol. The van der Waals surface area contributed by atoms with Crippen LogP contribution in [0, 0.1) is 0 Å². The standard InChI is InChI=1S/C25H17ClN2O6/c1-33-18-4-2-3-14-11-19(34-24(14)18)22(30)20-21(13-7-9-27-10-8-13)28(25(32)23(20)31)16-12-15(26)5-6-17(16)29/h2-12,21,29,31H,1H3. The molecule has 34 heavy (non-hydrogen) atoms. The van der Waals surface area contributed by atoms with Crippen molar-refractivity contribution in [3.63, 3.8) is 0 Å². The number of ketones is 1. The van der Waals surface area contributed by atoms with E-state index < -0.39 is 23.5 Å². The topological polar surface area (TPSA) is 113 Å². The van der Waals surface area contributed by atoms with Gasteiger partial charge in [-0.05, 0) is 48.0 Å². The number of halogens is 1. The Bertz CT molecular complexity index is 1480. The minimum absolute atomic E-state index is 0.0416. The molecule has 2 aromatic carbocycles. The van der Waals surface area contributed by atoms with E-state index in [0.29, 0.717) is 22.3 Å². The number of methoxy groups -OCH3 is 1. The SMILES string of the molecule is COc1cccc2cc(C(=O)C3=C(O)C(=O)N(c4cc(Cl)ccc4O)C3c3ccncc3)oc12. The Labute approximate surface area is 198 Å². The van der Waals surface area contributed by atoms with Crippen LogP contribution in [-0.4, -0.2) is 34.0 Å². The lowest BCUT2D eigenvalue weighted by atomic mass is 9.95. The number of aromatic nitrogens is 1. The summed E-state index contributed by atoms with van der Waals surface area (Å²) in [6.45, 7) is 0. The van der Waals surface area contributed by atoms with E-state index >= 15 is 0 Å². The Hall–Kier alpha value is -4.30. The number of benzene rings is 2. The van der Waals surface area contributed by atoms with Crippen LogP contribution in [0.3, 0.4) is 0 Å². The van der Waals surface area contributed by atoms with E-state index in [-0.39, 0.29) is 27.8 Å². The summed E-state index contributed by atoms with van der Waals surface area (Å²) in [5, 5.41) is 22.2. The van der Waals surface area contributed by atoms with Crippen LogP contribution < -0.4 is 9.64 Å². The van der Waals surface area contributed by atoms with E-state index in [1.54, 1.807) is 30.3 Å². The molecule has 8 nitrogen and oxygen atoms in total. The van der Waals surface area contributed by atoms with Gasteiger partial charge in [-0.3, -0.25) is 19.5 Å². The van der Waals surface area contributed by atoms with Crippen molar-refractivity contribution in [2.45, 2.75) is 6.04 Å². The molecule has 4 aromatic rings. The number of nitrogens with zero attached hydrogens (tertiary/aromatic N) is 2. The van der Waals surface area contributed by atoms with E-state index in [9.17, 15) is 19.8 Å². The highest BCUT2D eigenvalue weighted by Crippen LogP contribution is 2.45. The number of ether oxygens (including phenoxy) is 1. The van der Waals surface area contributed by atoms with Crippen molar-refractivity contribution >= 4 is 39.9 Å². The first-order valence-corrected chi connectivity index (χ1v) is 10.5. The number of amides is 1. The molecule has 0 bridgehead atoms. The fourth-order valence-electron chi connectivity index (χ4n) is 4.08. The maximum absolute atomic E-state index is 13.6. The third-order valence-corrected chi connectivity index (χ3v) is 5.86. The summed E-state index contributed by atoms with van der Waals surface area (Å²) in [6, 6.07) is 13.1. The molecule has 0 aliphatic carbocycles. The molecule has 5 rings (SSSR count). The maximum Gasteiger partial charge on any atom is 0.294 e.